The van der Waals surface area contributed by atoms with Gasteiger partial charge < -0.3 is 0 Å². The van der Waals surface area contributed by atoms with Crippen LogP contribution >= 0.6 is 0 Å². The maximum atomic E-state index is 10.0. The molecule has 0 aliphatic carbocycles. The fourth-order valence-electron chi connectivity index (χ4n) is 0.634. The molecule has 0 aromatic rings. The minimum atomic E-state index is -0.329. The van der Waals surface area contributed by atoms with E-state index in [-0.39, 0.29) is 27.6 Å². The van der Waals surface area contributed by atoms with E-state index in [0.717, 1.165) is 0 Å². The van der Waals surface area contributed by atoms with Crippen molar-refractivity contribution in [2.75, 3.05) is 0 Å². The van der Waals surface area contributed by atoms with Gasteiger partial charge in [0, 0.05) is 12.2 Å². The fraction of sp³-hybridized carbons (Fsp3) is 0. The molecule has 0 fully saturated rings. The molecular weight excluding hydrogens is 217 g/mol. The Morgan fingerprint density at radius 2 is 1.50 bits per heavy atom. The molecule has 2 aliphatic heterocycles. The van der Waals surface area contributed by atoms with E-state index in [1.807, 2.05) is 5.32 Å². The van der Waals surface area contributed by atoms with Crippen LogP contribution in [0.1, 0.15) is 0 Å². The summed E-state index contributed by atoms with van der Waals surface area (Å²) < 4.78 is 0. The largest absolute Gasteiger partial charge is 0.289 e. The van der Waals surface area contributed by atoms with Crippen LogP contribution in [0.2, 0.25) is 0 Å². The number of carbonyl (C=O) groups is 2. The molecule has 2 heterocycles. The maximum absolute atomic E-state index is 10.0. The van der Waals surface area contributed by atoms with Crippen molar-refractivity contribution in [1.29, 1.82) is 0 Å². The molecule has 1 N–H and O–H groups in total. The second kappa shape index (κ2) is 4.73. The van der Waals surface area contributed by atoms with Crippen molar-refractivity contribution in [2.45, 2.75) is 0 Å². The molecule has 12 heavy (non-hydrogen) atoms. The van der Waals surface area contributed by atoms with Crippen LogP contribution in [0.15, 0.2) is 34.0 Å². The number of amides is 2. The quantitative estimate of drug-likeness (QED) is 0.453. The average molecular weight is 225 g/mol. The summed E-state index contributed by atoms with van der Waals surface area (Å²) in [5.41, 5.74) is 0. The van der Waals surface area contributed by atoms with E-state index < -0.39 is 0 Å². The number of rotatable bonds is 0. The van der Waals surface area contributed by atoms with Crippen LogP contribution in [0.4, 0.5) is 0 Å². The van der Waals surface area contributed by atoms with Crippen LogP contribution in [-0.4, -0.2) is 27.6 Å². The first kappa shape index (κ1) is 9.01. The van der Waals surface area contributed by atoms with Crippen LogP contribution in [0.5, 0.6) is 0 Å². The van der Waals surface area contributed by atoms with E-state index in [1.54, 1.807) is 0 Å². The topological polar surface area (TPSA) is 46.2 Å². The number of allylic oxidation sites excluding steroid dienone is 2. The first-order chi connectivity index (χ1) is 5.79. The molecule has 0 atom stereocenters. The fourth-order valence-corrected chi connectivity index (χ4v) is 1.80. The van der Waals surface area contributed by atoms with Gasteiger partial charge in [-0.2, -0.15) is 0 Å². The first-order valence-electron chi connectivity index (χ1n) is 3.40. The molecule has 3 nitrogen and oxygen atoms in total. The summed E-state index contributed by atoms with van der Waals surface area (Å²) in [5.74, 6) is -0.657. The minimum absolute atomic E-state index is 0.278. The molecule has 4 heteroatoms. The predicted octanol–water partition coefficient (Wildman–Crippen LogP) is -0.337. The van der Waals surface area contributed by atoms with Crippen molar-refractivity contribution in [3.05, 3.63) is 34.0 Å². The normalized spacial score (nSPS) is 17.7. The van der Waals surface area contributed by atoms with Crippen LogP contribution < -0.4 is 5.32 Å². The summed E-state index contributed by atoms with van der Waals surface area (Å²) in [5, 5.41) is 2.03. The Labute approximate surface area is 76.9 Å². The molecule has 0 radical (unpaired) electrons. The summed E-state index contributed by atoms with van der Waals surface area (Å²) in [7, 11) is 0. The van der Waals surface area contributed by atoms with Crippen molar-refractivity contribution in [2.24, 2.45) is 0 Å². The number of nitrogens with one attached hydrogen (secondary N) is 1. The Balaban J connectivity index is 0.000000127. The molecular formula is C8H8AsNO2. The van der Waals surface area contributed by atoms with Gasteiger partial charge in [0.25, 0.3) is 11.8 Å². The summed E-state index contributed by atoms with van der Waals surface area (Å²) >= 11 is 0.278. The van der Waals surface area contributed by atoms with Crippen molar-refractivity contribution in [1.82, 2.24) is 5.32 Å². The summed E-state index contributed by atoms with van der Waals surface area (Å²) in [4.78, 5) is 24.6. The Bertz CT molecular complexity index is 253. The molecule has 0 aromatic heterocycles. The summed E-state index contributed by atoms with van der Waals surface area (Å²) in [6.45, 7) is 0. The van der Waals surface area contributed by atoms with E-state index >= 15 is 0 Å². The molecule has 62 valence electrons. The molecule has 0 aromatic carbocycles. The minimum Gasteiger partial charge on any atom is -0.289 e. The Morgan fingerprint density at radius 1 is 1.00 bits per heavy atom. The molecule has 0 unspecified atom stereocenters. The summed E-state index contributed by atoms with van der Waals surface area (Å²) in [6, 6.07) is 0. The smallest absolute Gasteiger partial charge is 0.250 e. The van der Waals surface area contributed by atoms with Crippen molar-refractivity contribution < 1.29 is 9.59 Å². The zero-order valence-corrected chi connectivity index (χ0v) is 8.38. The van der Waals surface area contributed by atoms with Crippen LogP contribution in [-0.2, 0) is 9.59 Å². The predicted molar refractivity (Wildman–Crippen MR) is 47.7 cm³/mol. The Morgan fingerprint density at radius 3 is 1.67 bits per heavy atom. The van der Waals surface area contributed by atoms with E-state index in [0.29, 0.717) is 0 Å². The molecule has 2 aliphatic rings. The van der Waals surface area contributed by atoms with Gasteiger partial charge in [0.1, 0.15) is 0 Å². The van der Waals surface area contributed by atoms with Gasteiger partial charge in [-0.1, -0.05) is 0 Å². The first-order valence-corrected chi connectivity index (χ1v) is 5.82. The zero-order chi connectivity index (χ0) is 8.81. The Hall–Kier alpha value is -1.08. The number of imide groups is 1. The van der Waals surface area contributed by atoms with Crippen LogP contribution in [0.25, 0.3) is 0 Å². The average Bonchev–Trinajstić information content (AvgIpc) is 2.63. The second-order valence-corrected chi connectivity index (χ2v) is 4.17. The van der Waals surface area contributed by atoms with E-state index in [4.69, 9.17) is 0 Å². The monoisotopic (exact) mass is 225 g/mol. The van der Waals surface area contributed by atoms with Crippen LogP contribution in [0, 0.1) is 0 Å². The van der Waals surface area contributed by atoms with Gasteiger partial charge in [-0.3, -0.25) is 14.9 Å². The van der Waals surface area contributed by atoms with E-state index in [2.05, 4.69) is 21.9 Å². The number of hydrogen-bond acceptors (Lipinski definition) is 2. The molecule has 0 saturated carbocycles. The third-order valence-electron chi connectivity index (χ3n) is 1.13. The second-order valence-electron chi connectivity index (χ2n) is 2.07. The SMILES string of the molecule is C1=C[AsH]C=C1.O=C1C=CC(=O)N1. The summed E-state index contributed by atoms with van der Waals surface area (Å²) in [6.07, 6.45) is 6.62. The van der Waals surface area contributed by atoms with Gasteiger partial charge in [-0.15, -0.1) is 0 Å². The van der Waals surface area contributed by atoms with Crippen LogP contribution in [0.3, 0.4) is 0 Å². The standard InChI is InChI=1S/C4H5As.C4H3NO2/c1-2-4-5-3-1;6-3-1-2-4(7)5-3/h1-5H;1-2H,(H,5,6,7). The van der Waals surface area contributed by atoms with Gasteiger partial charge >= 0.3 is 37.6 Å². The van der Waals surface area contributed by atoms with Gasteiger partial charge in [0.2, 0.25) is 0 Å². The number of hydrogen-bond donors (Lipinski definition) is 1. The van der Waals surface area contributed by atoms with Gasteiger partial charge in [0.15, 0.2) is 0 Å². The van der Waals surface area contributed by atoms with Gasteiger partial charge in [-0.25, -0.2) is 0 Å². The third kappa shape index (κ3) is 3.35. The molecule has 0 spiro atoms. The number of carbonyl (C=O) groups excluding carboxylic acids is 2. The molecule has 0 bridgehead atoms. The van der Waals surface area contributed by atoms with Crippen molar-refractivity contribution in [3.8, 4) is 0 Å². The van der Waals surface area contributed by atoms with E-state index in [9.17, 15) is 9.59 Å². The van der Waals surface area contributed by atoms with Crippen molar-refractivity contribution >= 4 is 27.6 Å². The zero-order valence-electron chi connectivity index (χ0n) is 6.28. The third-order valence-corrected chi connectivity index (χ3v) is 2.74. The Kier molecular flexibility index (Phi) is 3.55. The van der Waals surface area contributed by atoms with Gasteiger partial charge in [-0.05, 0) is 0 Å². The molecule has 2 rings (SSSR count). The van der Waals surface area contributed by atoms with E-state index in [1.165, 1.54) is 12.2 Å². The maximum Gasteiger partial charge on any atom is 0.250 e. The molecule has 2 amide bonds. The van der Waals surface area contributed by atoms with Crippen molar-refractivity contribution in [3.63, 3.8) is 0 Å². The van der Waals surface area contributed by atoms with Gasteiger partial charge in [0.05, 0.1) is 0 Å². The molecule has 0 saturated heterocycles.